The smallest absolute Gasteiger partial charge is 0.150 e. The quantitative estimate of drug-likeness (QED) is 0.820. The summed E-state index contributed by atoms with van der Waals surface area (Å²) < 4.78 is 0. The number of aryl methyl sites for hydroxylation is 1. The van der Waals surface area contributed by atoms with Crippen molar-refractivity contribution in [3.05, 3.63) is 17.8 Å². The van der Waals surface area contributed by atoms with E-state index in [0.29, 0.717) is 0 Å². The molecule has 0 atom stereocenters. The third kappa shape index (κ3) is 5.13. The van der Waals surface area contributed by atoms with E-state index in [1.54, 1.807) is 0 Å². The van der Waals surface area contributed by atoms with Gasteiger partial charge in [-0.05, 0) is 38.8 Å². The van der Waals surface area contributed by atoms with Crippen LogP contribution in [0.4, 0.5) is 5.82 Å². The molecule has 1 aromatic rings. The topological polar surface area (TPSA) is 55.0 Å². The molecule has 0 bridgehead atoms. The van der Waals surface area contributed by atoms with Gasteiger partial charge >= 0.3 is 0 Å². The average Bonchev–Trinajstić information content (AvgIpc) is 2.26. The zero-order valence-corrected chi connectivity index (χ0v) is 11.4. The first-order chi connectivity index (χ1) is 7.92. The van der Waals surface area contributed by atoms with E-state index in [9.17, 15) is 0 Å². The monoisotopic (exact) mass is 236 g/mol. The fourth-order valence-corrected chi connectivity index (χ4v) is 1.52. The summed E-state index contributed by atoms with van der Waals surface area (Å²) in [5.41, 5.74) is 6.89. The summed E-state index contributed by atoms with van der Waals surface area (Å²) in [5, 5.41) is 8.44. The van der Waals surface area contributed by atoms with Gasteiger partial charge in [0, 0.05) is 19.1 Å². The summed E-state index contributed by atoms with van der Waals surface area (Å²) in [6.45, 7) is 7.12. The third-order valence-corrected chi connectivity index (χ3v) is 2.69. The summed E-state index contributed by atoms with van der Waals surface area (Å²) >= 11 is 0. The minimum absolute atomic E-state index is 0.135. The van der Waals surface area contributed by atoms with Crippen molar-refractivity contribution in [1.82, 2.24) is 10.2 Å². The Kier molecular flexibility index (Phi) is 4.87. The zero-order valence-electron chi connectivity index (χ0n) is 11.4. The molecule has 17 heavy (non-hydrogen) atoms. The van der Waals surface area contributed by atoms with Gasteiger partial charge in [0.1, 0.15) is 0 Å². The minimum atomic E-state index is -0.135. The van der Waals surface area contributed by atoms with Gasteiger partial charge < -0.3 is 10.6 Å². The van der Waals surface area contributed by atoms with Gasteiger partial charge in [0.25, 0.3) is 0 Å². The van der Waals surface area contributed by atoms with Crippen LogP contribution >= 0.6 is 0 Å². The van der Waals surface area contributed by atoms with Crippen LogP contribution in [-0.4, -0.2) is 29.3 Å². The lowest BCUT2D eigenvalue weighted by molar-refractivity contribution is 0.478. The first kappa shape index (κ1) is 13.9. The van der Waals surface area contributed by atoms with Gasteiger partial charge in [-0.3, -0.25) is 0 Å². The average molecular weight is 236 g/mol. The Morgan fingerprint density at radius 1 is 1.29 bits per heavy atom. The van der Waals surface area contributed by atoms with Gasteiger partial charge in [0.2, 0.25) is 0 Å². The van der Waals surface area contributed by atoms with Crippen LogP contribution < -0.4 is 10.6 Å². The molecule has 4 heteroatoms. The molecule has 1 aromatic heterocycles. The molecule has 0 aliphatic carbocycles. The molecule has 1 rings (SSSR count). The molecule has 4 nitrogen and oxygen atoms in total. The van der Waals surface area contributed by atoms with Crippen LogP contribution in [0.5, 0.6) is 0 Å². The number of nitrogens with two attached hydrogens (primary N) is 1. The molecule has 0 aliphatic rings. The van der Waals surface area contributed by atoms with E-state index >= 15 is 0 Å². The van der Waals surface area contributed by atoms with Crippen LogP contribution in [0.25, 0.3) is 0 Å². The maximum atomic E-state index is 5.96. The Bertz CT molecular complexity index is 326. The molecular formula is C13H24N4. The number of nitrogens with zero attached hydrogens (tertiary/aromatic N) is 3. The Hall–Kier alpha value is -1.16. The molecule has 0 spiro atoms. The Labute approximate surface area is 104 Å². The molecule has 0 saturated carbocycles. The van der Waals surface area contributed by atoms with Crippen molar-refractivity contribution in [1.29, 1.82) is 0 Å². The highest BCUT2D eigenvalue weighted by atomic mass is 15.2. The Morgan fingerprint density at radius 3 is 2.47 bits per heavy atom. The highest BCUT2D eigenvalue weighted by Crippen LogP contribution is 2.11. The fourth-order valence-electron chi connectivity index (χ4n) is 1.52. The van der Waals surface area contributed by atoms with Crippen molar-refractivity contribution in [2.24, 2.45) is 5.73 Å². The van der Waals surface area contributed by atoms with Crippen LogP contribution in [0.15, 0.2) is 12.1 Å². The molecule has 0 aromatic carbocycles. The van der Waals surface area contributed by atoms with E-state index in [4.69, 9.17) is 5.73 Å². The largest absolute Gasteiger partial charge is 0.358 e. The van der Waals surface area contributed by atoms with Crippen molar-refractivity contribution in [3.63, 3.8) is 0 Å². The lowest BCUT2D eigenvalue weighted by Crippen LogP contribution is -2.36. The Balaban J connectivity index is 2.54. The second-order valence-electron chi connectivity index (χ2n) is 5.29. The third-order valence-electron chi connectivity index (χ3n) is 2.69. The molecule has 1 heterocycles. The maximum absolute atomic E-state index is 5.96. The van der Waals surface area contributed by atoms with E-state index < -0.39 is 0 Å². The van der Waals surface area contributed by atoms with Crippen LogP contribution in [0.2, 0.25) is 0 Å². The Morgan fingerprint density at radius 2 is 2.00 bits per heavy atom. The van der Waals surface area contributed by atoms with Crippen LogP contribution in [0, 0.1) is 0 Å². The van der Waals surface area contributed by atoms with Gasteiger partial charge in [-0.2, -0.15) is 5.10 Å². The number of aromatic nitrogens is 2. The van der Waals surface area contributed by atoms with Crippen molar-refractivity contribution < 1.29 is 0 Å². The molecule has 0 unspecified atom stereocenters. The first-order valence-electron chi connectivity index (χ1n) is 6.25. The van der Waals surface area contributed by atoms with Crippen molar-refractivity contribution in [2.75, 3.05) is 18.5 Å². The molecule has 0 aliphatic heterocycles. The summed E-state index contributed by atoms with van der Waals surface area (Å²) in [6.07, 6.45) is 3.03. The highest BCUT2D eigenvalue weighted by Gasteiger charge is 2.12. The van der Waals surface area contributed by atoms with Gasteiger partial charge in [-0.25, -0.2) is 0 Å². The van der Waals surface area contributed by atoms with E-state index in [0.717, 1.165) is 37.3 Å². The zero-order chi connectivity index (χ0) is 12.9. The number of hydrogen-bond acceptors (Lipinski definition) is 4. The maximum Gasteiger partial charge on any atom is 0.150 e. The van der Waals surface area contributed by atoms with Crippen molar-refractivity contribution in [3.8, 4) is 0 Å². The summed E-state index contributed by atoms with van der Waals surface area (Å²) in [4.78, 5) is 2.09. The van der Waals surface area contributed by atoms with E-state index in [2.05, 4.69) is 28.1 Å². The summed E-state index contributed by atoms with van der Waals surface area (Å²) in [5.74, 6) is 0.911. The molecule has 0 saturated heterocycles. The number of hydrogen-bond donors (Lipinski definition) is 1. The van der Waals surface area contributed by atoms with E-state index in [-0.39, 0.29) is 5.54 Å². The predicted molar refractivity (Wildman–Crippen MR) is 72.2 cm³/mol. The van der Waals surface area contributed by atoms with E-state index in [1.165, 1.54) is 0 Å². The summed E-state index contributed by atoms with van der Waals surface area (Å²) in [6, 6.07) is 4.08. The van der Waals surface area contributed by atoms with Crippen molar-refractivity contribution in [2.45, 2.75) is 45.6 Å². The first-order valence-corrected chi connectivity index (χ1v) is 6.25. The van der Waals surface area contributed by atoms with Crippen LogP contribution in [-0.2, 0) is 6.42 Å². The molecule has 0 amide bonds. The van der Waals surface area contributed by atoms with Crippen molar-refractivity contribution >= 4 is 5.82 Å². The predicted octanol–water partition coefficient (Wildman–Crippen LogP) is 1.99. The molecule has 0 fully saturated rings. The lowest BCUT2D eigenvalue weighted by Gasteiger charge is -2.24. The van der Waals surface area contributed by atoms with Gasteiger partial charge in [-0.15, -0.1) is 5.10 Å². The second kappa shape index (κ2) is 5.96. The molecular weight excluding hydrogens is 212 g/mol. The number of rotatable bonds is 6. The molecule has 96 valence electrons. The normalized spacial score (nSPS) is 11.6. The SMILES string of the molecule is CCCc1ccc(N(C)CCC(C)(C)N)nn1. The standard InChI is InChI=1S/C13H24N4/c1-5-6-11-7-8-12(16-15-11)17(4)10-9-13(2,3)14/h7-8H,5-6,9-10,14H2,1-4H3. The number of anilines is 1. The van der Waals surface area contributed by atoms with Gasteiger partial charge in [-0.1, -0.05) is 13.3 Å². The minimum Gasteiger partial charge on any atom is -0.358 e. The highest BCUT2D eigenvalue weighted by molar-refractivity contribution is 5.36. The summed E-state index contributed by atoms with van der Waals surface area (Å²) in [7, 11) is 2.02. The second-order valence-corrected chi connectivity index (χ2v) is 5.29. The van der Waals surface area contributed by atoms with Gasteiger partial charge in [0.15, 0.2) is 5.82 Å². The molecule has 0 radical (unpaired) electrons. The van der Waals surface area contributed by atoms with Crippen LogP contribution in [0.3, 0.4) is 0 Å². The fraction of sp³-hybridized carbons (Fsp3) is 0.692. The molecule has 2 N–H and O–H groups in total. The van der Waals surface area contributed by atoms with Gasteiger partial charge in [0.05, 0.1) is 5.69 Å². The lowest BCUT2D eigenvalue weighted by atomic mass is 10.0. The van der Waals surface area contributed by atoms with E-state index in [1.807, 2.05) is 27.0 Å². The van der Waals surface area contributed by atoms with Crippen LogP contribution in [0.1, 0.15) is 39.3 Å².